The molecule has 0 aliphatic carbocycles. The van der Waals surface area contributed by atoms with E-state index < -0.39 is 17.5 Å². The van der Waals surface area contributed by atoms with Crippen LogP contribution in [0.2, 0.25) is 0 Å². The highest BCUT2D eigenvalue weighted by molar-refractivity contribution is 6.10. The molecule has 0 aromatic heterocycles. The van der Waals surface area contributed by atoms with Crippen molar-refractivity contribution in [3.8, 4) is 23.7 Å². The number of hydrogen-bond acceptors (Lipinski definition) is 5. The summed E-state index contributed by atoms with van der Waals surface area (Å²) in [5, 5.41) is 11.8. The van der Waals surface area contributed by atoms with Gasteiger partial charge in [-0.15, -0.1) is 0 Å². The molecule has 37 heavy (non-hydrogen) atoms. The monoisotopic (exact) mass is 490 g/mol. The molecule has 0 spiro atoms. The van der Waals surface area contributed by atoms with E-state index >= 15 is 0 Å². The second kappa shape index (κ2) is 10.6. The lowest BCUT2D eigenvalue weighted by molar-refractivity contribution is -0.135. The Morgan fingerprint density at radius 3 is 2.32 bits per heavy atom. The molecular weight excluding hydrogens is 464 g/mol. The van der Waals surface area contributed by atoms with Crippen LogP contribution in [0.3, 0.4) is 0 Å². The van der Waals surface area contributed by atoms with Crippen LogP contribution in [-0.2, 0) is 26.5 Å². The highest BCUT2D eigenvalue weighted by Crippen LogP contribution is 2.46. The van der Waals surface area contributed by atoms with Crippen molar-refractivity contribution in [3.05, 3.63) is 95.6 Å². The number of benzene rings is 3. The molecule has 184 valence electrons. The lowest BCUT2D eigenvalue weighted by Gasteiger charge is -2.24. The van der Waals surface area contributed by atoms with Gasteiger partial charge in [-0.3, -0.25) is 4.79 Å². The first-order valence-electron chi connectivity index (χ1n) is 12.3. The predicted molar refractivity (Wildman–Crippen MR) is 141 cm³/mol. The van der Waals surface area contributed by atoms with Gasteiger partial charge in [-0.25, -0.2) is 4.79 Å². The summed E-state index contributed by atoms with van der Waals surface area (Å²) in [7, 11) is 0. The zero-order valence-electron chi connectivity index (χ0n) is 20.3. The number of anilines is 2. The summed E-state index contributed by atoms with van der Waals surface area (Å²) in [6.45, 7) is 1.72. The number of rotatable bonds is 4. The number of nitrogens with zero attached hydrogens (tertiary/aromatic N) is 2. The molecule has 0 saturated carbocycles. The van der Waals surface area contributed by atoms with Crippen LogP contribution in [0.25, 0.3) is 0 Å². The molecule has 2 aliphatic heterocycles. The van der Waals surface area contributed by atoms with E-state index in [1.807, 2.05) is 66.7 Å². The van der Waals surface area contributed by atoms with E-state index in [1.165, 1.54) is 0 Å². The summed E-state index contributed by atoms with van der Waals surface area (Å²) < 4.78 is 5.11. The molecule has 2 aliphatic rings. The SMILES string of the molecule is O=C(C#Cc1ccccc1)OCC#CC1(O)C(=O)N(Cc2ccccc2)c2cccc(N3CCCC3)c21. The second-order valence-electron chi connectivity index (χ2n) is 8.95. The van der Waals surface area contributed by atoms with Crippen LogP contribution in [0.1, 0.15) is 29.5 Å². The summed E-state index contributed by atoms with van der Waals surface area (Å²) in [6, 6.07) is 24.4. The van der Waals surface area contributed by atoms with Gasteiger partial charge in [-0.05, 0) is 48.6 Å². The van der Waals surface area contributed by atoms with Crippen molar-refractivity contribution in [1.29, 1.82) is 0 Å². The molecule has 1 fully saturated rings. The number of esters is 1. The molecule has 1 unspecified atom stereocenters. The maximum absolute atomic E-state index is 13.7. The van der Waals surface area contributed by atoms with Gasteiger partial charge in [-0.1, -0.05) is 66.4 Å². The molecule has 6 heteroatoms. The Bertz CT molecular complexity index is 1420. The van der Waals surface area contributed by atoms with Gasteiger partial charge >= 0.3 is 5.97 Å². The van der Waals surface area contributed by atoms with Crippen LogP contribution in [0.15, 0.2) is 78.9 Å². The normalized spacial score (nSPS) is 17.9. The predicted octanol–water partition coefficient (Wildman–Crippen LogP) is 3.62. The van der Waals surface area contributed by atoms with Gasteiger partial charge in [0, 0.05) is 30.3 Å². The van der Waals surface area contributed by atoms with Crippen LogP contribution < -0.4 is 9.80 Å². The minimum atomic E-state index is -2.05. The zero-order chi connectivity index (χ0) is 25.7. The van der Waals surface area contributed by atoms with Gasteiger partial charge in [-0.2, -0.15) is 0 Å². The molecule has 1 saturated heterocycles. The van der Waals surface area contributed by atoms with Crippen molar-refractivity contribution in [2.45, 2.75) is 25.0 Å². The van der Waals surface area contributed by atoms with E-state index in [2.05, 4.69) is 28.6 Å². The molecule has 1 atom stereocenters. The molecule has 5 rings (SSSR count). The Balaban J connectivity index is 1.41. The molecule has 1 N–H and O–H groups in total. The Morgan fingerprint density at radius 1 is 0.919 bits per heavy atom. The fraction of sp³-hybridized carbons (Fsp3) is 0.226. The van der Waals surface area contributed by atoms with Crippen LogP contribution in [0.5, 0.6) is 0 Å². The average Bonchev–Trinajstić information content (AvgIpc) is 3.54. The van der Waals surface area contributed by atoms with E-state index in [0.717, 1.165) is 37.2 Å². The number of fused-ring (bicyclic) bond motifs is 1. The van der Waals surface area contributed by atoms with Crippen molar-refractivity contribution >= 4 is 23.3 Å². The number of hydrogen-bond donors (Lipinski definition) is 1. The van der Waals surface area contributed by atoms with E-state index in [1.54, 1.807) is 17.0 Å². The first kappa shape index (κ1) is 24.2. The van der Waals surface area contributed by atoms with Crippen molar-refractivity contribution < 1.29 is 19.4 Å². The lowest BCUT2D eigenvalue weighted by atomic mass is 9.93. The van der Waals surface area contributed by atoms with E-state index in [4.69, 9.17) is 4.74 Å². The highest BCUT2D eigenvalue weighted by Gasteiger charge is 2.51. The molecule has 6 nitrogen and oxygen atoms in total. The van der Waals surface area contributed by atoms with Crippen LogP contribution >= 0.6 is 0 Å². The van der Waals surface area contributed by atoms with E-state index in [9.17, 15) is 14.7 Å². The topological polar surface area (TPSA) is 70.1 Å². The largest absolute Gasteiger partial charge is 0.443 e. The average molecular weight is 491 g/mol. The quantitative estimate of drug-likeness (QED) is 0.447. The molecule has 0 radical (unpaired) electrons. The van der Waals surface area contributed by atoms with Crippen LogP contribution in [0.4, 0.5) is 11.4 Å². The van der Waals surface area contributed by atoms with Gasteiger partial charge in [0.15, 0.2) is 6.61 Å². The maximum atomic E-state index is 13.7. The molecule has 2 heterocycles. The van der Waals surface area contributed by atoms with Crippen molar-refractivity contribution in [1.82, 2.24) is 0 Å². The molecule has 3 aromatic rings. The second-order valence-corrected chi connectivity index (χ2v) is 8.95. The molecular formula is C31H26N2O4. The summed E-state index contributed by atoms with van der Waals surface area (Å²) in [4.78, 5) is 29.5. The Labute approximate surface area is 216 Å². The smallest absolute Gasteiger partial charge is 0.385 e. The molecule has 1 amide bonds. The van der Waals surface area contributed by atoms with Gasteiger partial charge in [0.2, 0.25) is 5.60 Å². The fourth-order valence-electron chi connectivity index (χ4n) is 4.74. The zero-order valence-corrected chi connectivity index (χ0v) is 20.3. The number of aliphatic hydroxyl groups is 1. The minimum absolute atomic E-state index is 0.294. The van der Waals surface area contributed by atoms with Crippen LogP contribution in [0, 0.1) is 23.7 Å². The van der Waals surface area contributed by atoms with E-state index in [-0.39, 0.29) is 6.61 Å². The summed E-state index contributed by atoms with van der Waals surface area (Å²) >= 11 is 0. The van der Waals surface area contributed by atoms with Crippen LogP contribution in [-0.4, -0.2) is 36.7 Å². The van der Waals surface area contributed by atoms with Crippen molar-refractivity contribution in [2.24, 2.45) is 0 Å². The standard InChI is InChI=1S/C31H26N2O4/c34-28(18-17-24-11-3-1-4-12-24)37-22-10-19-31(36)29-26(32-20-7-8-21-32)15-9-16-27(29)33(30(31)35)23-25-13-5-2-6-14-25/h1-6,9,11-16,36H,7-8,20-23H2. The summed E-state index contributed by atoms with van der Waals surface area (Å²) in [5.41, 5.74) is 1.52. The fourth-order valence-corrected chi connectivity index (χ4v) is 4.74. The van der Waals surface area contributed by atoms with Gasteiger partial charge in [0.1, 0.15) is 0 Å². The van der Waals surface area contributed by atoms with Gasteiger partial charge in [0.05, 0.1) is 17.8 Å². The minimum Gasteiger partial charge on any atom is -0.443 e. The number of amides is 1. The van der Waals surface area contributed by atoms with Gasteiger partial charge < -0.3 is 19.6 Å². The number of carbonyl (C=O) groups is 2. The maximum Gasteiger partial charge on any atom is 0.385 e. The number of carbonyl (C=O) groups excluding carboxylic acids is 2. The first-order chi connectivity index (χ1) is 18.1. The lowest BCUT2D eigenvalue weighted by Crippen LogP contribution is -2.39. The third-order valence-corrected chi connectivity index (χ3v) is 6.49. The summed E-state index contributed by atoms with van der Waals surface area (Å²) in [5.74, 6) is 9.34. The first-order valence-corrected chi connectivity index (χ1v) is 12.3. The Kier molecular flexibility index (Phi) is 6.94. The Hall–Kier alpha value is -4.52. The Morgan fingerprint density at radius 2 is 1.59 bits per heavy atom. The van der Waals surface area contributed by atoms with Crippen molar-refractivity contribution in [2.75, 3.05) is 29.5 Å². The highest BCUT2D eigenvalue weighted by atomic mass is 16.5. The molecule has 3 aromatic carbocycles. The summed E-state index contributed by atoms with van der Waals surface area (Å²) in [6.07, 6.45) is 2.10. The van der Waals surface area contributed by atoms with Crippen molar-refractivity contribution in [3.63, 3.8) is 0 Å². The third kappa shape index (κ3) is 5.07. The molecule has 0 bridgehead atoms. The van der Waals surface area contributed by atoms with E-state index in [0.29, 0.717) is 23.4 Å². The number of ether oxygens (including phenoxy) is 1. The third-order valence-electron chi connectivity index (χ3n) is 6.49. The van der Waals surface area contributed by atoms with Gasteiger partial charge in [0.25, 0.3) is 5.91 Å².